The van der Waals surface area contributed by atoms with Gasteiger partial charge in [0.1, 0.15) is 0 Å². The highest BCUT2D eigenvalue weighted by atomic mass is 79.9. The number of allylic oxidation sites excluding steroid dienone is 2. The Labute approximate surface area is 154 Å². The van der Waals surface area contributed by atoms with Gasteiger partial charge in [0.25, 0.3) is 0 Å². The number of esters is 1. The summed E-state index contributed by atoms with van der Waals surface area (Å²) in [5, 5.41) is 0. The number of carbonyl (C=O) groups is 1. The van der Waals surface area contributed by atoms with Crippen LogP contribution in [0.3, 0.4) is 0 Å². The highest BCUT2D eigenvalue weighted by Gasteiger charge is 2.42. The highest BCUT2D eigenvalue weighted by Crippen LogP contribution is 2.41. The molecule has 0 aromatic heterocycles. The van der Waals surface area contributed by atoms with Crippen molar-refractivity contribution in [2.45, 2.75) is 52.2 Å². The van der Waals surface area contributed by atoms with Crippen LogP contribution in [0.1, 0.15) is 31.7 Å². The van der Waals surface area contributed by atoms with Gasteiger partial charge in [-0.25, -0.2) is 0 Å². The fourth-order valence-electron chi connectivity index (χ4n) is 3.07. The molecule has 0 aliphatic heterocycles. The van der Waals surface area contributed by atoms with Crippen molar-refractivity contribution in [3.05, 3.63) is 46.1 Å². The molecule has 5 heteroatoms. The monoisotopic (exact) mass is 410 g/mol. The van der Waals surface area contributed by atoms with E-state index in [1.54, 1.807) is 0 Å². The van der Waals surface area contributed by atoms with Crippen LogP contribution in [0, 0.1) is 5.41 Å². The maximum Gasteiger partial charge on any atom is 0.312 e. The first-order valence-electron chi connectivity index (χ1n) is 8.54. The smallest absolute Gasteiger partial charge is 0.312 e. The van der Waals surface area contributed by atoms with Crippen LogP contribution >= 0.6 is 15.9 Å². The number of benzene rings is 1. The van der Waals surface area contributed by atoms with Gasteiger partial charge >= 0.3 is 5.97 Å². The quantitative estimate of drug-likeness (QED) is 0.461. The van der Waals surface area contributed by atoms with Crippen molar-refractivity contribution in [1.29, 1.82) is 0 Å². The number of carbonyl (C=O) groups excluding carboxylic acids is 1. The van der Waals surface area contributed by atoms with Crippen molar-refractivity contribution in [3.63, 3.8) is 0 Å². The van der Waals surface area contributed by atoms with Gasteiger partial charge in [-0.2, -0.15) is 0 Å². The average molecular weight is 411 g/mol. The SMILES string of the molecule is CCOC(=O)C1(Cc2ccccc2Br)CC=C(O[Si](C)(C)C)CC1. The predicted molar refractivity (Wildman–Crippen MR) is 103 cm³/mol. The molecule has 1 aromatic carbocycles. The van der Waals surface area contributed by atoms with Crippen LogP contribution in [0.2, 0.25) is 19.6 Å². The third-order valence-corrected chi connectivity index (χ3v) is 5.85. The Kier molecular flexibility index (Phi) is 6.32. The fourth-order valence-corrected chi connectivity index (χ4v) is 4.47. The Bertz CT molecular complexity index is 621. The molecular formula is C19H27BrO3Si. The zero-order valence-electron chi connectivity index (χ0n) is 15.0. The molecule has 3 nitrogen and oxygen atoms in total. The zero-order valence-corrected chi connectivity index (χ0v) is 17.6. The molecule has 0 amide bonds. The first-order valence-corrected chi connectivity index (χ1v) is 12.7. The van der Waals surface area contributed by atoms with Gasteiger partial charge in [0.05, 0.1) is 17.8 Å². The van der Waals surface area contributed by atoms with E-state index in [0.717, 1.165) is 28.6 Å². The van der Waals surface area contributed by atoms with Gasteiger partial charge in [-0.1, -0.05) is 34.1 Å². The first kappa shape index (κ1) is 19.3. The number of halogens is 1. The van der Waals surface area contributed by atoms with E-state index in [0.29, 0.717) is 19.4 Å². The highest BCUT2D eigenvalue weighted by molar-refractivity contribution is 9.10. The van der Waals surface area contributed by atoms with Crippen LogP contribution in [0.25, 0.3) is 0 Å². The minimum absolute atomic E-state index is 0.0935. The van der Waals surface area contributed by atoms with Gasteiger partial charge in [-0.3, -0.25) is 4.79 Å². The van der Waals surface area contributed by atoms with Crippen LogP contribution in [-0.2, 0) is 20.4 Å². The lowest BCUT2D eigenvalue weighted by Crippen LogP contribution is -2.38. The number of hydrogen-bond donors (Lipinski definition) is 0. The van der Waals surface area contributed by atoms with Crippen molar-refractivity contribution in [1.82, 2.24) is 0 Å². The van der Waals surface area contributed by atoms with Gasteiger partial charge < -0.3 is 9.16 Å². The molecule has 1 aliphatic rings. The minimum atomic E-state index is -1.61. The number of rotatable bonds is 6. The summed E-state index contributed by atoms with van der Waals surface area (Å²) in [5.74, 6) is 0.949. The lowest BCUT2D eigenvalue weighted by molar-refractivity contribution is -0.156. The summed E-state index contributed by atoms with van der Waals surface area (Å²) < 4.78 is 12.6. The van der Waals surface area contributed by atoms with Gasteiger partial charge in [-0.05, 0) is 63.5 Å². The van der Waals surface area contributed by atoms with Gasteiger partial charge in [-0.15, -0.1) is 0 Å². The molecular weight excluding hydrogens is 384 g/mol. The van der Waals surface area contributed by atoms with Crippen LogP contribution in [0.15, 0.2) is 40.6 Å². The summed E-state index contributed by atoms with van der Waals surface area (Å²) in [6.07, 6.45) is 5.03. The van der Waals surface area contributed by atoms with Crippen LogP contribution in [0.5, 0.6) is 0 Å². The lowest BCUT2D eigenvalue weighted by Gasteiger charge is -2.36. The first-order chi connectivity index (χ1) is 11.3. The summed E-state index contributed by atoms with van der Waals surface area (Å²) in [6.45, 7) is 8.83. The second-order valence-electron chi connectivity index (χ2n) is 7.36. The van der Waals surface area contributed by atoms with E-state index in [-0.39, 0.29) is 5.97 Å². The van der Waals surface area contributed by atoms with E-state index < -0.39 is 13.7 Å². The summed E-state index contributed by atoms with van der Waals surface area (Å²) in [6, 6.07) is 8.10. The molecule has 1 unspecified atom stereocenters. The Morgan fingerprint density at radius 3 is 2.54 bits per heavy atom. The standard InChI is InChI=1S/C19H27BrO3Si/c1-5-22-18(21)19(14-15-8-6-7-9-17(15)20)12-10-16(11-13-19)23-24(2,3)4/h6-10H,5,11-14H2,1-4H3. The third-order valence-electron chi connectivity index (χ3n) is 4.20. The van der Waals surface area contributed by atoms with Crippen molar-refractivity contribution in [2.75, 3.05) is 6.61 Å². The lowest BCUT2D eigenvalue weighted by atomic mass is 9.72. The van der Waals surface area contributed by atoms with Gasteiger partial charge in [0, 0.05) is 10.9 Å². The third kappa shape index (κ3) is 4.96. The largest absolute Gasteiger partial charge is 0.548 e. The number of ether oxygens (including phenoxy) is 1. The molecule has 0 saturated heterocycles. The van der Waals surface area contributed by atoms with E-state index >= 15 is 0 Å². The summed E-state index contributed by atoms with van der Waals surface area (Å²) in [7, 11) is -1.61. The average Bonchev–Trinajstić information content (AvgIpc) is 2.50. The van der Waals surface area contributed by atoms with Crippen molar-refractivity contribution < 1.29 is 14.0 Å². The molecule has 0 spiro atoms. The Morgan fingerprint density at radius 2 is 2.00 bits per heavy atom. The van der Waals surface area contributed by atoms with Crippen LogP contribution in [0.4, 0.5) is 0 Å². The molecule has 24 heavy (non-hydrogen) atoms. The molecule has 132 valence electrons. The summed E-state index contributed by atoms with van der Waals surface area (Å²) in [5.41, 5.74) is 0.653. The van der Waals surface area contributed by atoms with E-state index in [4.69, 9.17) is 9.16 Å². The molecule has 0 bridgehead atoms. The minimum Gasteiger partial charge on any atom is -0.548 e. The summed E-state index contributed by atoms with van der Waals surface area (Å²) in [4.78, 5) is 12.7. The number of hydrogen-bond acceptors (Lipinski definition) is 3. The second-order valence-corrected chi connectivity index (χ2v) is 12.6. The molecule has 0 N–H and O–H groups in total. The van der Waals surface area contributed by atoms with Crippen LogP contribution in [-0.4, -0.2) is 20.9 Å². The fraction of sp³-hybridized carbons (Fsp3) is 0.526. The van der Waals surface area contributed by atoms with E-state index in [9.17, 15) is 4.79 Å². The van der Waals surface area contributed by atoms with Crippen molar-refractivity contribution in [3.8, 4) is 0 Å². The summed E-state index contributed by atoms with van der Waals surface area (Å²) >= 11 is 3.60. The van der Waals surface area contributed by atoms with E-state index in [2.05, 4.69) is 47.7 Å². The van der Waals surface area contributed by atoms with Crippen molar-refractivity contribution in [2.24, 2.45) is 5.41 Å². The Balaban J connectivity index is 2.24. The zero-order chi connectivity index (χ0) is 17.8. The molecule has 1 aromatic rings. The maximum absolute atomic E-state index is 12.7. The molecule has 1 atom stereocenters. The van der Waals surface area contributed by atoms with E-state index in [1.165, 1.54) is 0 Å². The van der Waals surface area contributed by atoms with Crippen LogP contribution < -0.4 is 0 Å². The van der Waals surface area contributed by atoms with E-state index in [1.807, 2.05) is 25.1 Å². The molecule has 1 aliphatic carbocycles. The Hall–Kier alpha value is -1.07. The molecule has 2 rings (SSSR count). The Morgan fingerprint density at radius 1 is 1.29 bits per heavy atom. The maximum atomic E-state index is 12.7. The molecule has 0 saturated carbocycles. The van der Waals surface area contributed by atoms with Gasteiger partial charge in [0.2, 0.25) is 8.32 Å². The predicted octanol–water partition coefficient (Wildman–Crippen LogP) is 5.46. The normalized spacial score (nSPS) is 21.1. The molecule has 0 heterocycles. The topological polar surface area (TPSA) is 35.5 Å². The molecule has 0 fully saturated rings. The molecule has 0 radical (unpaired) electrons. The van der Waals surface area contributed by atoms with Crippen molar-refractivity contribution >= 4 is 30.2 Å². The second kappa shape index (κ2) is 7.87. The van der Waals surface area contributed by atoms with Gasteiger partial charge in [0.15, 0.2) is 0 Å².